The summed E-state index contributed by atoms with van der Waals surface area (Å²) in [7, 11) is 1.60. The van der Waals surface area contributed by atoms with Gasteiger partial charge in [0.25, 0.3) is 0 Å². The van der Waals surface area contributed by atoms with Crippen molar-refractivity contribution in [3.8, 4) is 5.88 Å². The molecule has 1 heterocycles. The van der Waals surface area contributed by atoms with E-state index in [4.69, 9.17) is 16.3 Å². The summed E-state index contributed by atoms with van der Waals surface area (Å²) in [6.07, 6.45) is 3.63. The van der Waals surface area contributed by atoms with Crippen LogP contribution in [0.3, 0.4) is 0 Å². The standard InChI is InChI=1S/C10H13ClN2O/c1-14-10-4-3-9(8-13-10)7-12-6-2-5-11/h2-5,8,12H,6-7H2,1H3/b5-2+. The van der Waals surface area contributed by atoms with Gasteiger partial charge in [-0.2, -0.15) is 0 Å². The van der Waals surface area contributed by atoms with Crippen LogP contribution in [0.25, 0.3) is 0 Å². The smallest absolute Gasteiger partial charge is 0.212 e. The van der Waals surface area contributed by atoms with Gasteiger partial charge in [0.15, 0.2) is 0 Å². The maximum atomic E-state index is 5.37. The topological polar surface area (TPSA) is 34.1 Å². The van der Waals surface area contributed by atoms with Crippen molar-refractivity contribution in [2.24, 2.45) is 0 Å². The number of methoxy groups -OCH3 is 1. The van der Waals surface area contributed by atoms with Gasteiger partial charge in [-0.3, -0.25) is 0 Å². The summed E-state index contributed by atoms with van der Waals surface area (Å²) in [5.41, 5.74) is 2.62. The lowest BCUT2D eigenvalue weighted by Gasteiger charge is -2.02. The molecule has 0 spiro atoms. The van der Waals surface area contributed by atoms with E-state index in [0.717, 1.165) is 18.7 Å². The molecule has 0 bridgehead atoms. The maximum Gasteiger partial charge on any atom is 0.212 e. The highest BCUT2D eigenvalue weighted by Gasteiger charge is 1.93. The first-order chi connectivity index (χ1) is 6.86. The Hall–Kier alpha value is -1.06. The number of pyridine rings is 1. The van der Waals surface area contributed by atoms with Gasteiger partial charge in [-0.25, -0.2) is 4.98 Å². The fraction of sp³-hybridized carbons (Fsp3) is 0.300. The first-order valence-corrected chi connectivity index (χ1v) is 4.75. The van der Waals surface area contributed by atoms with E-state index in [1.54, 1.807) is 13.3 Å². The molecule has 1 aromatic rings. The molecule has 0 saturated heterocycles. The quantitative estimate of drug-likeness (QED) is 0.758. The molecule has 1 rings (SSSR count). The van der Waals surface area contributed by atoms with E-state index >= 15 is 0 Å². The second-order valence-electron chi connectivity index (χ2n) is 2.70. The molecule has 0 aliphatic carbocycles. The summed E-state index contributed by atoms with van der Waals surface area (Å²) in [4.78, 5) is 4.09. The van der Waals surface area contributed by atoms with Crippen LogP contribution >= 0.6 is 11.6 Å². The van der Waals surface area contributed by atoms with Crippen LogP contribution in [-0.2, 0) is 6.54 Å². The van der Waals surface area contributed by atoms with E-state index in [1.165, 1.54) is 5.54 Å². The molecule has 0 unspecified atom stereocenters. The van der Waals surface area contributed by atoms with Crippen LogP contribution < -0.4 is 10.1 Å². The van der Waals surface area contributed by atoms with E-state index < -0.39 is 0 Å². The highest BCUT2D eigenvalue weighted by molar-refractivity contribution is 6.25. The van der Waals surface area contributed by atoms with Gasteiger partial charge in [0, 0.05) is 30.9 Å². The Kier molecular flexibility index (Phi) is 5.04. The van der Waals surface area contributed by atoms with Crippen molar-refractivity contribution in [3.63, 3.8) is 0 Å². The monoisotopic (exact) mass is 212 g/mol. The van der Waals surface area contributed by atoms with Gasteiger partial charge in [-0.05, 0) is 5.56 Å². The zero-order valence-electron chi connectivity index (χ0n) is 8.03. The molecule has 3 nitrogen and oxygen atoms in total. The van der Waals surface area contributed by atoms with Gasteiger partial charge in [0.1, 0.15) is 0 Å². The number of rotatable bonds is 5. The van der Waals surface area contributed by atoms with E-state index in [0.29, 0.717) is 5.88 Å². The summed E-state index contributed by atoms with van der Waals surface area (Å²) < 4.78 is 4.95. The lowest BCUT2D eigenvalue weighted by atomic mass is 10.3. The second kappa shape index (κ2) is 6.40. The molecule has 76 valence electrons. The molecule has 4 heteroatoms. The third kappa shape index (κ3) is 3.77. The largest absolute Gasteiger partial charge is 0.481 e. The molecule has 1 N–H and O–H groups in total. The number of nitrogens with one attached hydrogen (secondary N) is 1. The van der Waals surface area contributed by atoms with Crippen molar-refractivity contribution in [2.45, 2.75) is 6.54 Å². The SMILES string of the molecule is COc1ccc(CNC/C=C/Cl)cn1. The molecule has 0 radical (unpaired) electrons. The Labute approximate surface area is 88.8 Å². The summed E-state index contributed by atoms with van der Waals surface area (Å²) in [5, 5.41) is 3.19. The van der Waals surface area contributed by atoms with Gasteiger partial charge < -0.3 is 10.1 Å². The van der Waals surface area contributed by atoms with Crippen LogP contribution in [0, 0.1) is 0 Å². The normalized spacial score (nSPS) is 10.7. The number of ether oxygens (including phenoxy) is 1. The third-order valence-electron chi connectivity index (χ3n) is 1.69. The molecule has 0 atom stereocenters. The Morgan fingerprint density at radius 3 is 3.00 bits per heavy atom. The first kappa shape index (κ1) is 11.0. The van der Waals surface area contributed by atoms with Crippen LogP contribution in [0.1, 0.15) is 5.56 Å². The summed E-state index contributed by atoms with van der Waals surface area (Å²) in [6, 6.07) is 3.82. The molecule has 0 aliphatic heterocycles. The predicted molar refractivity (Wildman–Crippen MR) is 57.5 cm³/mol. The Bertz CT molecular complexity index is 285. The molecule has 0 saturated carbocycles. The van der Waals surface area contributed by atoms with Crippen LogP contribution in [0.4, 0.5) is 0 Å². The number of aromatic nitrogens is 1. The van der Waals surface area contributed by atoms with Gasteiger partial charge >= 0.3 is 0 Å². The lowest BCUT2D eigenvalue weighted by molar-refractivity contribution is 0.397. The van der Waals surface area contributed by atoms with Crippen molar-refractivity contribution >= 4 is 11.6 Å². The molecule has 0 aromatic carbocycles. The van der Waals surface area contributed by atoms with Gasteiger partial charge in [-0.1, -0.05) is 23.7 Å². The third-order valence-corrected chi connectivity index (χ3v) is 1.87. The van der Waals surface area contributed by atoms with E-state index in [9.17, 15) is 0 Å². The number of hydrogen-bond acceptors (Lipinski definition) is 3. The summed E-state index contributed by atoms with van der Waals surface area (Å²) >= 11 is 5.37. The molecule has 14 heavy (non-hydrogen) atoms. The average Bonchev–Trinajstić information content (AvgIpc) is 2.25. The summed E-state index contributed by atoms with van der Waals surface area (Å²) in [6.45, 7) is 1.54. The van der Waals surface area contributed by atoms with Crippen LogP contribution in [-0.4, -0.2) is 18.6 Å². The highest BCUT2D eigenvalue weighted by atomic mass is 35.5. The van der Waals surface area contributed by atoms with Crippen LogP contribution in [0.5, 0.6) is 5.88 Å². The zero-order valence-corrected chi connectivity index (χ0v) is 8.79. The molecule has 0 fully saturated rings. The van der Waals surface area contributed by atoms with Crippen LogP contribution in [0.15, 0.2) is 29.9 Å². The van der Waals surface area contributed by atoms with E-state index in [2.05, 4.69) is 10.3 Å². The Morgan fingerprint density at radius 1 is 1.57 bits per heavy atom. The Morgan fingerprint density at radius 2 is 2.43 bits per heavy atom. The van der Waals surface area contributed by atoms with E-state index in [1.807, 2.05) is 18.2 Å². The second-order valence-corrected chi connectivity index (χ2v) is 2.95. The van der Waals surface area contributed by atoms with E-state index in [-0.39, 0.29) is 0 Å². The lowest BCUT2D eigenvalue weighted by Crippen LogP contribution is -2.12. The van der Waals surface area contributed by atoms with Crippen LogP contribution in [0.2, 0.25) is 0 Å². The maximum absolute atomic E-state index is 5.37. The zero-order chi connectivity index (χ0) is 10.2. The molecule has 1 aromatic heterocycles. The van der Waals surface area contributed by atoms with Gasteiger partial charge in [0.05, 0.1) is 7.11 Å². The fourth-order valence-corrected chi connectivity index (χ4v) is 1.07. The highest BCUT2D eigenvalue weighted by Crippen LogP contribution is 2.05. The van der Waals surface area contributed by atoms with Crippen molar-refractivity contribution in [2.75, 3.05) is 13.7 Å². The summed E-state index contributed by atoms with van der Waals surface area (Å²) in [5.74, 6) is 0.634. The minimum Gasteiger partial charge on any atom is -0.481 e. The minimum atomic E-state index is 0.634. The van der Waals surface area contributed by atoms with Crippen molar-refractivity contribution in [1.29, 1.82) is 0 Å². The molecule has 0 aliphatic rings. The number of hydrogen-bond donors (Lipinski definition) is 1. The first-order valence-electron chi connectivity index (χ1n) is 4.31. The minimum absolute atomic E-state index is 0.634. The van der Waals surface area contributed by atoms with Crippen molar-refractivity contribution < 1.29 is 4.74 Å². The molecular formula is C10H13ClN2O. The molecular weight excluding hydrogens is 200 g/mol. The number of halogens is 1. The van der Waals surface area contributed by atoms with Crippen molar-refractivity contribution in [1.82, 2.24) is 10.3 Å². The predicted octanol–water partition coefficient (Wildman–Crippen LogP) is 1.93. The average molecular weight is 213 g/mol. The van der Waals surface area contributed by atoms with Gasteiger partial charge in [0.2, 0.25) is 5.88 Å². The van der Waals surface area contributed by atoms with Gasteiger partial charge in [-0.15, -0.1) is 0 Å². The Balaban J connectivity index is 2.36. The van der Waals surface area contributed by atoms with Crippen molar-refractivity contribution in [3.05, 3.63) is 35.5 Å². The molecule has 0 amide bonds. The fourth-order valence-electron chi connectivity index (χ4n) is 0.981. The number of nitrogens with zero attached hydrogens (tertiary/aromatic N) is 1.